The first kappa shape index (κ1) is 25.8. The number of rotatable bonds is 10. The van der Waals surface area contributed by atoms with E-state index in [2.05, 4.69) is 5.32 Å². The summed E-state index contributed by atoms with van der Waals surface area (Å²) >= 11 is 6.73. The van der Waals surface area contributed by atoms with Gasteiger partial charge in [-0.15, -0.1) is 0 Å². The van der Waals surface area contributed by atoms with E-state index >= 15 is 0 Å². The predicted octanol–water partition coefficient (Wildman–Crippen LogP) is 5.72. The van der Waals surface area contributed by atoms with Crippen LogP contribution in [0.5, 0.6) is 11.5 Å². The van der Waals surface area contributed by atoms with Crippen LogP contribution in [0.25, 0.3) is 6.08 Å². The zero-order chi connectivity index (χ0) is 24.7. The van der Waals surface area contributed by atoms with Crippen molar-refractivity contribution in [3.05, 3.63) is 58.0 Å². The van der Waals surface area contributed by atoms with Crippen molar-refractivity contribution >= 4 is 51.9 Å². The third-order valence-corrected chi connectivity index (χ3v) is 7.03. The Kier molecular flexibility index (Phi) is 9.12. The maximum Gasteiger partial charge on any atom is 0.266 e. The summed E-state index contributed by atoms with van der Waals surface area (Å²) in [6, 6.07) is 11.4. The van der Waals surface area contributed by atoms with E-state index in [1.54, 1.807) is 19.1 Å². The summed E-state index contributed by atoms with van der Waals surface area (Å²) in [4.78, 5) is 27.3. The molecule has 0 bridgehead atoms. The number of anilines is 1. The smallest absolute Gasteiger partial charge is 0.266 e. The topological polar surface area (TPSA) is 67.9 Å². The summed E-state index contributed by atoms with van der Waals surface area (Å²) in [5.41, 5.74) is 4.02. The Morgan fingerprint density at radius 1 is 1.03 bits per heavy atom. The molecule has 0 aliphatic carbocycles. The van der Waals surface area contributed by atoms with Crippen LogP contribution in [0.4, 0.5) is 5.69 Å². The maximum atomic E-state index is 12.9. The fraction of sp³-hybridized carbons (Fsp3) is 0.346. The first-order chi connectivity index (χ1) is 16.3. The van der Waals surface area contributed by atoms with Crippen molar-refractivity contribution < 1.29 is 19.1 Å². The highest BCUT2D eigenvalue weighted by Crippen LogP contribution is 2.34. The largest absolute Gasteiger partial charge is 0.493 e. The predicted molar refractivity (Wildman–Crippen MR) is 142 cm³/mol. The van der Waals surface area contributed by atoms with Crippen molar-refractivity contribution in [2.45, 2.75) is 39.5 Å². The van der Waals surface area contributed by atoms with Gasteiger partial charge in [0.15, 0.2) is 11.5 Å². The number of nitrogens with one attached hydrogen (secondary N) is 1. The number of carbonyl (C=O) groups is 2. The van der Waals surface area contributed by atoms with Gasteiger partial charge in [-0.05, 0) is 73.7 Å². The van der Waals surface area contributed by atoms with Crippen molar-refractivity contribution in [1.29, 1.82) is 0 Å². The van der Waals surface area contributed by atoms with E-state index in [4.69, 9.17) is 21.7 Å². The summed E-state index contributed by atoms with van der Waals surface area (Å²) < 4.78 is 11.2. The fourth-order valence-electron chi connectivity index (χ4n) is 3.56. The van der Waals surface area contributed by atoms with Gasteiger partial charge >= 0.3 is 0 Å². The number of amides is 2. The summed E-state index contributed by atoms with van der Waals surface area (Å²) in [5.74, 6) is 1.16. The monoisotopic (exact) mass is 498 g/mol. The van der Waals surface area contributed by atoms with Gasteiger partial charge in [0.2, 0.25) is 5.91 Å². The van der Waals surface area contributed by atoms with Crippen LogP contribution in [0.3, 0.4) is 0 Å². The number of benzene rings is 2. The molecule has 0 atom stereocenters. The van der Waals surface area contributed by atoms with Gasteiger partial charge in [-0.2, -0.15) is 0 Å². The molecule has 2 aromatic carbocycles. The number of thioether (sulfide) groups is 1. The van der Waals surface area contributed by atoms with Crippen LogP contribution in [0.1, 0.15) is 42.4 Å². The second-order valence-corrected chi connectivity index (χ2v) is 9.78. The van der Waals surface area contributed by atoms with E-state index in [1.165, 1.54) is 17.3 Å². The molecule has 1 N–H and O–H groups in total. The standard InChI is InChI=1S/C26H30N2O4S2/c1-17-9-11-20(14-18(17)2)27-24(29)8-6-5-7-13-28-25(30)23(34-26(28)33)16-19-10-12-21(31-3)22(15-19)32-4/h9-12,14-16H,5-8,13H2,1-4H3,(H,27,29). The van der Waals surface area contributed by atoms with Crippen molar-refractivity contribution in [2.24, 2.45) is 0 Å². The van der Waals surface area contributed by atoms with Crippen LogP contribution >= 0.6 is 24.0 Å². The third-order valence-electron chi connectivity index (χ3n) is 5.66. The van der Waals surface area contributed by atoms with Crippen molar-refractivity contribution in [1.82, 2.24) is 4.90 Å². The maximum absolute atomic E-state index is 12.9. The Bertz CT molecular complexity index is 1110. The number of unbranched alkanes of at least 4 members (excludes halogenated alkanes) is 2. The number of nitrogens with zero attached hydrogens (tertiary/aromatic N) is 1. The van der Waals surface area contributed by atoms with Crippen LogP contribution < -0.4 is 14.8 Å². The summed E-state index contributed by atoms with van der Waals surface area (Å²) in [6.45, 7) is 4.62. The number of ether oxygens (including phenoxy) is 2. The lowest BCUT2D eigenvalue weighted by atomic mass is 10.1. The van der Waals surface area contributed by atoms with Gasteiger partial charge in [0.25, 0.3) is 5.91 Å². The third kappa shape index (κ3) is 6.61. The molecular weight excluding hydrogens is 468 g/mol. The molecule has 0 radical (unpaired) electrons. The highest BCUT2D eigenvalue weighted by Gasteiger charge is 2.31. The normalized spacial score (nSPS) is 14.6. The molecule has 8 heteroatoms. The molecule has 180 valence electrons. The zero-order valence-corrected chi connectivity index (χ0v) is 21.6. The number of carbonyl (C=O) groups excluding carboxylic acids is 2. The van der Waals surface area contributed by atoms with Crippen molar-refractivity contribution in [3.63, 3.8) is 0 Å². The first-order valence-electron chi connectivity index (χ1n) is 11.2. The van der Waals surface area contributed by atoms with Crippen LogP contribution in [0.2, 0.25) is 0 Å². The molecule has 3 rings (SSSR count). The molecule has 0 spiro atoms. The first-order valence-corrected chi connectivity index (χ1v) is 12.4. The summed E-state index contributed by atoms with van der Waals surface area (Å²) in [6.07, 6.45) is 4.65. The molecule has 1 fully saturated rings. The highest BCUT2D eigenvalue weighted by atomic mass is 32.2. The van der Waals surface area contributed by atoms with Gasteiger partial charge < -0.3 is 14.8 Å². The van der Waals surface area contributed by atoms with Crippen molar-refractivity contribution in [2.75, 3.05) is 26.1 Å². The minimum Gasteiger partial charge on any atom is -0.493 e. The quantitative estimate of drug-likeness (QED) is 0.257. The molecule has 1 saturated heterocycles. The molecule has 34 heavy (non-hydrogen) atoms. The molecule has 0 unspecified atom stereocenters. The fourth-order valence-corrected chi connectivity index (χ4v) is 4.87. The van der Waals surface area contributed by atoms with E-state index in [0.717, 1.165) is 36.1 Å². The number of hydrogen-bond acceptors (Lipinski definition) is 6. The lowest BCUT2D eigenvalue weighted by Crippen LogP contribution is -2.29. The molecule has 1 aliphatic rings. The molecule has 1 aliphatic heterocycles. The Labute approximate surface area is 210 Å². The molecule has 2 amide bonds. The number of aryl methyl sites for hydroxylation is 2. The molecule has 0 saturated carbocycles. The van der Waals surface area contributed by atoms with Gasteiger partial charge in [0.1, 0.15) is 4.32 Å². The second kappa shape index (κ2) is 12.0. The number of thiocarbonyl (C=S) groups is 1. The molecule has 0 aromatic heterocycles. The SMILES string of the molecule is COc1ccc(C=C2SC(=S)N(CCCCCC(=O)Nc3ccc(C)c(C)c3)C2=O)cc1OC. The lowest BCUT2D eigenvalue weighted by molar-refractivity contribution is -0.122. The lowest BCUT2D eigenvalue weighted by Gasteiger charge is -2.14. The number of methoxy groups -OCH3 is 2. The average molecular weight is 499 g/mol. The van der Waals surface area contributed by atoms with Gasteiger partial charge in [0.05, 0.1) is 19.1 Å². The van der Waals surface area contributed by atoms with E-state index in [1.807, 2.05) is 56.3 Å². The Morgan fingerprint density at radius 2 is 1.79 bits per heavy atom. The summed E-state index contributed by atoms with van der Waals surface area (Å²) in [5, 5.41) is 2.95. The minimum absolute atomic E-state index is 0.00622. The molecular formula is C26H30N2O4S2. The average Bonchev–Trinajstić information content (AvgIpc) is 3.08. The number of hydrogen-bond donors (Lipinski definition) is 1. The molecule has 1 heterocycles. The summed E-state index contributed by atoms with van der Waals surface area (Å²) in [7, 11) is 3.16. The Hall–Kier alpha value is -2.84. The molecule has 2 aromatic rings. The van der Waals surface area contributed by atoms with Gasteiger partial charge in [-0.1, -0.05) is 42.5 Å². The van der Waals surface area contributed by atoms with Crippen molar-refractivity contribution in [3.8, 4) is 11.5 Å². The minimum atomic E-state index is -0.0859. The van der Waals surface area contributed by atoms with E-state index in [0.29, 0.717) is 33.7 Å². The van der Waals surface area contributed by atoms with E-state index < -0.39 is 0 Å². The van der Waals surface area contributed by atoms with Crippen LogP contribution in [-0.2, 0) is 9.59 Å². The Balaban J connectivity index is 1.46. The van der Waals surface area contributed by atoms with Crippen LogP contribution in [0, 0.1) is 13.8 Å². The zero-order valence-electron chi connectivity index (χ0n) is 20.0. The van der Waals surface area contributed by atoms with Gasteiger partial charge in [-0.3, -0.25) is 14.5 Å². The Morgan fingerprint density at radius 3 is 2.50 bits per heavy atom. The highest BCUT2D eigenvalue weighted by molar-refractivity contribution is 8.26. The molecule has 6 nitrogen and oxygen atoms in total. The van der Waals surface area contributed by atoms with E-state index in [-0.39, 0.29) is 11.8 Å². The van der Waals surface area contributed by atoms with Crippen LogP contribution in [-0.4, -0.2) is 41.8 Å². The second-order valence-electron chi connectivity index (χ2n) is 8.11. The van der Waals surface area contributed by atoms with E-state index in [9.17, 15) is 9.59 Å². The van der Waals surface area contributed by atoms with Gasteiger partial charge in [-0.25, -0.2) is 0 Å². The van der Waals surface area contributed by atoms with Crippen LogP contribution in [0.15, 0.2) is 41.3 Å². The van der Waals surface area contributed by atoms with Gasteiger partial charge in [0, 0.05) is 18.7 Å².